The predicted molar refractivity (Wildman–Crippen MR) is 104 cm³/mol. The highest BCUT2D eigenvalue weighted by atomic mass is 16.5. The van der Waals surface area contributed by atoms with Crippen molar-refractivity contribution in [3.8, 4) is 17.2 Å². The minimum atomic E-state index is -0.390. The summed E-state index contributed by atoms with van der Waals surface area (Å²) in [5.74, 6) is 1.71. The van der Waals surface area contributed by atoms with E-state index in [1.54, 1.807) is 45.6 Å². The summed E-state index contributed by atoms with van der Waals surface area (Å²) in [5, 5.41) is 0. The maximum absolute atomic E-state index is 12.3. The molecule has 3 rings (SSSR count). The molecule has 0 radical (unpaired) electrons. The summed E-state index contributed by atoms with van der Waals surface area (Å²) in [4.78, 5) is 12.3. The zero-order valence-electron chi connectivity index (χ0n) is 16.1. The maximum atomic E-state index is 12.3. The normalized spacial score (nSPS) is 14.8. The number of hydrogen-bond acceptors (Lipinski definition) is 5. The largest absolute Gasteiger partial charge is 0.493 e. The summed E-state index contributed by atoms with van der Waals surface area (Å²) in [7, 11) is 4.65. The van der Waals surface area contributed by atoms with Crippen LogP contribution in [0.3, 0.4) is 0 Å². The summed E-state index contributed by atoms with van der Waals surface area (Å²) in [6.45, 7) is 4.03. The molecular formula is C22H22O5. The Hall–Kier alpha value is -3.21. The van der Waals surface area contributed by atoms with Gasteiger partial charge < -0.3 is 18.9 Å². The van der Waals surface area contributed by atoms with E-state index in [0.29, 0.717) is 28.6 Å². The van der Waals surface area contributed by atoms with Crippen molar-refractivity contribution in [2.45, 2.75) is 13.8 Å². The molecule has 0 N–H and O–H groups in total. The summed E-state index contributed by atoms with van der Waals surface area (Å²) < 4.78 is 21.5. The van der Waals surface area contributed by atoms with Crippen molar-refractivity contribution in [3.05, 3.63) is 64.2 Å². The number of benzene rings is 2. The molecule has 0 bridgehead atoms. The van der Waals surface area contributed by atoms with Crippen molar-refractivity contribution in [1.82, 2.24) is 0 Å². The molecule has 0 spiro atoms. The molecule has 0 aromatic heterocycles. The van der Waals surface area contributed by atoms with Gasteiger partial charge >= 0.3 is 5.97 Å². The molecular weight excluding hydrogens is 344 g/mol. The van der Waals surface area contributed by atoms with Gasteiger partial charge in [-0.15, -0.1) is 0 Å². The fraction of sp³-hybridized carbons (Fsp3) is 0.227. The van der Waals surface area contributed by atoms with E-state index in [2.05, 4.69) is 6.07 Å². The zero-order valence-corrected chi connectivity index (χ0v) is 16.1. The minimum Gasteiger partial charge on any atom is -0.493 e. The molecule has 2 aromatic carbocycles. The molecule has 0 unspecified atom stereocenters. The summed E-state index contributed by atoms with van der Waals surface area (Å²) in [6.07, 6.45) is 3.49. The molecule has 2 aromatic rings. The highest BCUT2D eigenvalue weighted by Gasteiger charge is 2.23. The number of esters is 1. The first-order chi connectivity index (χ1) is 13.0. The second-order valence-corrected chi connectivity index (χ2v) is 6.27. The van der Waals surface area contributed by atoms with Crippen LogP contribution in [0, 0.1) is 13.8 Å². The van der Waals surface area contributed by atoms with Gasteiger partial charge in [-0.25, -0.2) is 4.79 Å². The van der Waals surface area contributed by atoms with Crippen molar-refractivity contribution < 1.29 is 23.7 Å². The molecule has 0 atom stereocenters. The fourth-order valence-corrected chi connectivity index (χ4v) is 3.08. The van der Waals surface area contributed by atoms with Crippen molar-refractivity contribution >= 4 is 17.8 Å². The summed E-state index contributed by atoms with van der Waals surface area (Å²) >= 11 is 0. The molecule has 0 fully saturated rings. The Balaban J connectivity index is 2.02. The molecule has 140 valence electrons. The van der Waals surface area contributed by atoms with Crippen LogP contribution >= 0.6 is 0 Å². The minimum absolute atomic E-state index is 0.390. The quantitative estimate of drug-likeness (QED) is 0.583. The lowest BCUT2D eigenvalue weighted by molar-refractivity contribution is -0.130. The summed E-state index contributed by atoms with van der Waals surface area (Å²) in [6, 6.07) is 9.59. The lowest BCUT2D eigenvalue weighted by atomic mass is 10.0. The van der Waals surface area contributed by atoms with E-state index in [1.165, 1.54) is 0 Å². The van der Waals surface area contributed by atoms with E-state index in [1.807, 2.05) is 26.0 Å². The van der Waals surface area contributed by atoms with Gasteiger partial charge in [-0.3, -0.25) is 0 Å². The van der Waals surface area contributed by atoms with Crippen molar-refractivity contribution in [2.75, 3.05) is 21.3 Å². The van der Waals surface area contributed by atoms with Crippen molar-refractivity contribution in [2.24, 2.45) is 0 Å². The Morgan fingerprint density at radius 3 is 2.15 bits per heavy atom. The van der Waals surface area contributed by atoms with Gasteiger partial charge in [-0.1, -0.05) is 23.8 Å². The van der Waals surface area contributed by atoms with E-state index < -0.39 is 5.97 Å². The van der Waals surface area contributed by atoms with Crippen molar-refractivity contribution in [3.63, 3.8) is 0 Å². The Morgan fingerprint density at radius 1 is 0.926 bits per heavy atom. The molecule has 1 heterocycles. The van der Waals surface area contributed by atoms with Crippen molar-refractivity contribution in [1.29, 1.82) is 0 Å². The van der Waals surface area contributed by atoms with Gasteiger partial charge in [0.2, 0.25) is 5.75 Å². The van der Waals surface area contributed by atoms with Crippen LogP contribution in [-0.4, -0.2) is 27.3 Å². The van der Waals surface area contributed by atoms with E-state index >= 15 is 0 Å². The van der Waals surface area contributed by atoms with Crippen LogP contribution in [0.15, 0.2) is 42.0 Å². The molecule has 5 nitrogen and oxygen atoms in total. The molecule has 5 heteroatoms. The first-order valence-corrected chi connectivity index (χ1v) is 8.50. The van der Waals surface area contributed by atoms with Crippen LogP contribution in [0.25, 0.3) is 11.8 Å². The lowest BCUT2D eigenvalue weighted by Gasteiger charge is -2.12. The van der Waals surface area contributed by atoms with Crippen LogP contribution in [0.5, 0.6) is 17.2 Å². The number of cyclic esters (lactones) is 1. The van der Waals surface area contributed by atoms with Crippen LogP contribution < -0.4 is 14.2 Å². The number of hydrogen-bond donors (Lipinski definition) is 0. The first-order valence-electron chi connectivity index (χ1n) is 8.50. The van der Waals surface area contributed by atoms with Crippen LogP contribution in [0.1, 0.15) is 22.3 Å². The van der Waals surface area contributed by atoms with Gasteiger partial charge in [-0.2, -0.15) is 0 Å². The highest BCUT2D eigenvalue weighted by molar-refractivity contribution is 6.05. The molecule has 1 aliphatic rings. The lowest BCUT2D eigenvalue weighted by Crippen LogP contribution is -1.99. The Morgan fingerprint density at radius 2 is 1.59 bits per heavy atom. The second-order valence-electron chi connectivity index (χ2n) is 6.27. The Labute approximate surface area is 158 Å². The number of aryl methyl sites for hydroxylation is 2. The van der Waals surface area contributed by atoms with Crippen LogP contribution in [-0.2, 0) is 9.53 Å². The Kier molecular flexibility index (Phi) is 5.21. The highest BCUT2D eigenvalue weighted by Crippen LogP contribution is 2.39. The zero-order chi connectivity index (χ0) is 19.6. The van der Waals surface area contributed by atoms with E-state index in [9.17, 15) is 4.79 Å². The second kappa shape index (κ2) is 7.58. The fourth-order valence-electron chi connectivity index (χ4n) is 3.08. The first kappa shape index (κ1) is 18.6. The number of rotatable bonds is 5. The van der Waals surface area contributed by atoms with E-state index in [-0.39, 0.29) is 0 Å². The van der Waals surface area contributed by atoms with Gasteiger partial charge in [0.1, 0.15) is 5.76 Å². The molecule has 0 aliphatic carbocycles. The molecule has 0 saturated heterocycles. The van der Waals surface area contributed by atoms with Gasteiger partial charge in [0, 0.05) is 5.56 Å². The molecule has 1 aliphatic heterocycles. The molecule has 0 amide bonds. The van der Waals surface area contributed by atoms with E-state index in [4.69, 9.17) is 18.9 Å². The van der Waals surface area contributed by atoms with Gasteiger partial charge in [0.05, 0.1) is 26.9 Å². The average Bonchev–Trinajstić information content (AvgIpc) is 3.00. The van der Waals surface area contributed by atoms with Crippen LogP contribution in [0.2, 0.25) is 0 Å². The standard InChI is InChI=1S/C22H22O5/c1-13-6-7-17(14(2)8-13)18-12-16(22(23)27-18)9-15-10-19(24-3)21(26-5)20(11-15)25-4/h6-12H,1-5H3/b16-9-. The predicted octanol–water partition coefficient (Wildman–Crippen LogP) is 4.31. The van der Waals surface area contributed by atoms with Gasteiger partial charge in [0.15, 0.2) is 11.5 Å². The van der Waals surface area contributed by atoms with E-state index in [0.717, 1.165) is 22.3 Å². The maximum Gasteiger partial charge on any atom is 0.343 e. The number of carbonyl (C=O) groups excluding carboxylic acids is 1. The summed E-state index contributed by atoms with van der Waals surface area (Å²) in [5.41, 5.74) is 4.33. The average molecular weight is 366 g/mol. The number of carbonyl (C=O) groups is 1. The monoisotopic (exact) mass is 366 g/mol. The topological polar surface area (TPSA) is 54.0 Å². The van der Waals surface area contributed by atoms with Crippen LogP contribution in [0.4, 0.5) is 0 Å². The molecule has 0 saturated carbocycles. The van der Waals surface area contributed by atoms with Gasteiger partial charge in [-0.05, 0) is 49.3 Å². The smallest absolute Gasteiger partial charge is 0.343 e. The number of methoxy groups -OCH3 is 3. The molecule has 27 heavy (non-hydrogen) atoms. The SMILES string of the molecule is COc1cc(/C=C2/C=C(c3ccc(C)cc3C)OC2=O)cc(OC)c1OC. The third-order valence-electron chi connectivity index (χ3n) is 4.38. The Bertz CT molecular complexity index is 928. The third kappa shape index (κ3) is 3.67. The third-order valence-corrected chi connectivity index (χ3v) is 4.38. The number of ether oxygens (including phenoxy) is 4. The van der Waals surface area contributed by atoms with Gasteiger partial charge in [0.25, 0.3) is 0 Å².